The smallest absolute Gasteiger partial charge is 0.277 e. The Balaban J connectivity index is 0.00000338. The number of carbonyl (C=O) groups is 1. The third kappa shape index (κ3) is 6.57. The van der Waals surface area contributed by atoms with Crippen molar-refractivity contribution in [1.29, 1.82) is 0 Å². The number of benzene rings is 1. The van der Waals surface area contributed by atoms with Gasteiger partial charge in [-0.1, -0.05) is 5.16 Å². The molecule has 0 fully saturated rings. The van der Waals surface area contributed by atoms with Crippen molar-refractivity contribution in [3.63, 3.8) is 0 Å². The molecular formula is C16H21ClF2N4O3. The lowest BCUT2D eigenvalue weighted by molar-refractivity contribution is -0.123. The number of ether oxygens (including phenoxy) is 1. The summed E-state index contributed by atoms with van der Waals surface area (Å²) in [4.78, 5) is 15.8. The highest BCUT2D eigenvalue weighted by Crippen LogP contribution is 2.20. The zero-order valence-electron chi connectivity index (χ0n) is 14.2. The number of aromatic nitrogens is 2. The maximum atomic E-state index is 12.9. The quantitative estimate of drug-likeness (QED) is 0.680. The van der Waals surface area contributed by atoms with Gasteiger partial charge < -0.3 is 20.3 Å². The minimum absolute atomic E-state index is 0. The fraction of sp³-hybridized carbons (Fsp3) is 0.438. The third-order valence-electron chi connectivity index (χ3n) is 3.45. The van der Waals surface area contributed by atoms with Gasteiger partial charge in [-0.25, -0.2) is 8.78 Å². The molecule has 0 aliphatic carbocycles. The van der Waals surface area contributed by atoms with Crippen molar-refractivity contribution >= 4 is 18.3 Å². The summed E-state index contributed by atoms with van der Waals surface area (Å²) in [5, 5.41) is 6.03. The van der Waals surface area contributed by atoms with E-state index < -0.39 is 24.9 Å². The number of alkyl halides is 2. The predicted molar refractivity (Wildman–Crippen MR) is 93.5 cm³/mol. The molecule has 3 N–H and O–H groups in total. The minimum Gasteiger partial charge on any atom is -0.497 e. The van der Waals surface area contributed by atoms with Crippen LogP contribution in [0.2, 0.25) is 0 Å². The van der Waals surface area contributed by atoms with Gasteiger partial charge in [-0.05, 0) is 30.7 Å². The highest BCUT2D eigenvalue weighted by Gasteiger charge is 2.26. The van der Waals surface area contributed by atoms with Gasteiger partial charge in [0, 0.05) is 18.4 Å². The second kappa shape index (κ2) is 10.0. The van der Waals surface area contributed by atoms with Gasteiger partial charge in [0.1, 0.15) is 5.75 Å². The van der Waals surface area contributed by atoms with Gasteiger partial charge in [0.25, 0.3) is 5.92 Å². The Labute approximate surface area is 155 Å². The summed E-state index contributed by atoms with van der Waals surface area (Å²) < 4.78 is 36.1. The number of rotatable bonds is 9. The molecule has 0 spiro atoms. The largest absolute Gasteiger partial charge is 0.497 e. The normalized spacial score (nSPS) is 10.9. The first-order valence-corrected chi connectivity index (χ1v) is 7.75. The topological polar surface area (TPSA) is 103 Å². The number of nitrogens with one attached hydrogen (secondary N) is 1. The summed E-state index contributed by atoms with van der Waals surface area (Å²) in [7, 11) is 1.58. The van der Waals surface area contributed by atoms with Gasteiger partial charge in [0.2, 0.25) is 17.6 Å². The highest BCUT2D eigenvalue weighted by atomic mass is 35.5. The van der Waals surface area contributed by atoms with Crippen LogP contribution in [0.3, 0.4) is 0 Å². The monoisotopic (exact) mass is 390 g/mol. The Hall–Kier alpha value is -2.26. The van der Waals surface area contributed by atoms with E-state index in [0.717, 1.165) is 11.3 Å². The molecule has 26 heavy (non-hydrogen) atoms. The van der Waals surface area contributed by atoms with Crippen LogP contribution in [-0.4, -0.2) is 42.2 Å². The van der Waals surface area contributed by atoms with Crippen molar-refractivity contribution in [2.75, 3.05) is 20.2 Å². The van der Waals surface area contributed by atoms with E-state index in [9.17, 15) is 13.6 Å². The van der Waals surface area contributed by atoms with Gasteiger partial charge in [-0.3, -0.25) is 4.79 Å². The molecule has 0 saturated heterocycles. The summed E-state index contributed by atoms with van der Waals surface area (Å²) >= 11 is 0. The van der Waals surface area contributed by atoms with E-state index in [-0.39, 0.29) is 18.8 Å². The fourth-order valence-electron chi connectivity index (χ4n) is 2.00. The molecule has 0 unspecified atom stereocenters. The molecule has 2 rings (SSSR count). The maximum Gasteiger partial charge on any atom is 0.277 e. The van der Waals surface area contributed by atoms with Crippen molar-refractivity contribution in [3.8, 4) is 17.1 Å². The van der Waals surface area contributed by atoms with Crippen LogP contribution in [-0.2, 0) is 11.2 Å². The Morgan fingerprint density at radius 2 is 2.04 bits per heavy atom. The highest BCUT2D eigenvalue weighted by molar-refractivity contribution is 5.85. The summed E-state index contributed by atoms with van der Waals surface area (Å²) in [6, 6.07) is 7.18. The van der Waals surface area contributed by atoms with E-state index in [2.05, 4.69) is 15.5 Å². The summed E-state index contributed by atoms with van der Waals surface area (Å²) in [6.45, 7) is -1.56. The minimum atomic E-state index is -3.09. The van der Waals surface area contributed by atoms with Gasteiger partial charge in [0.05, 0.1) is 20.2 Å². The first-order valence-electron chi connectivity index (χ1n) is 7.75. The molecule has 10 heteroatoms. The third-order valence-corrected chi connectivity index (χ3v) is 3.45. The molecule has 144 valence electrons. The zero-order valence-corrected chi connectivity index (χ0v) is 15.0. The molecule has 1 heterocycles. The Morgan fingerprint density at radius 1 is 1.35 bits per heavy atom. The van der Waals surface area contributed by atoms with Crippen LogP contribution in [0.4, 0.5) is 8.78 Å². The maximum absolute atomic E-state index is 12.9. The number of aryl methyl sites for hydroxylation is 1. The number of carbonyl (C=O) groups excluding carboxylic acids is 1. The molecule has 0 bridgehead atoms. The van der Waals surface area contributed by atoms with E-state index in [1.165, 1.54) is 0 Å². The van der Waals surface area contributed by atoms with Crippen LogP contribution >= 0.6 is 12.4 Å². The molecule has 1 aromatic carbocycles. The van der Waals surface area contributed by atoms with E-state index in [0.29, 0.717) is 24.6 Å². The average Bonchev–Trinajstić information content (AvgIpc) is 3.09. The predicted octanol–water partition coefficient (Wildman–Crippen LogP) is 2.20. The van der Waals surface area contributed by atoms with E-state index in [4.69, 9.17) is 15.0 Å². The van der Waals surface area contributed by atoms with Gasteiger partial charge in [0.15, 0.2) is 0 Å². The Kier molecular flexibility index (Phi) is 8.40. The molecule has 1 aromatic heterocycles. The number of nitrogens with two attached hydrogens (primary N) is 1. The van der Waals surface area contributed by atoms with Crippen LogP contribution in [0.15, 0.2) is 28.8 Å². The van der Waals surface area contributed by atoms with E-state index in [1.807, 2.05) is 0 Å². The fourth-order valence-corrected chi connectivity index (χ4v) is 2.00. The lowest BCUT2D eigenvalue weighted by Crippen LogP contribution is -2.41. The zero-order chi connectivity index (χ0) is 18.3. The molecule has 0 aliphatic rings. The molecule has 7 nitrogen and oxygen atoms in total. The lowest BCUT2D eigenvalue weighted by atomic mass is 10.2. The molecule has 2 aromatic rings. The van der Waals surface area contributed by atoms with Crippen LogP contribution in [0, 0.1) is 0 Å². The number of halogens is 3. The second-order valence-corrected chi connectivity index (χ2v) is 5.43. The van der Waals surface area contributed by atoms with Crippen molar-refractivity contribution in [3.05, 3.63) is 30.2 Å². The average molecular weight is 391 g/mol. The van der Waals surface area contributed by atoms with E-state index in [1.54, 1.807) is 31.4 Å². The van der Waals surface area contributed by atoms with Crippen LogP contribution in [0.25, 0.3) is 11.4 Å². The number of hydrogen-bond donors (Lipinski definition) is 2. The van der Waals surface area contributed by atoms with Crippen molar-refractivity contribution in [1.82, 2.24) is 15.5 Å². The first kappa shape index (κ1) is 21.8. The number of hydrogen-bond acceptors (Lipinski definition) is 6. The van der Waals surface area contributed by atoms with Gasteiger partial charge in [-0.2, -0.15) is 4.98 Å². The second-order valence-electron chi connectivity index (χ2n) is 5.43. The van der Waals surface area contributed by atoms with Crippen molar-refractivity contribution in [2.45, 2.75) is 25.2 Å². The van der Waals surface area contributed by atoms with Gasteiger partial charge in [-0.15, -0.1) is 12.4 Å². The summed E-state index contributed by atoms with van der Waals surface area (Å²) in [6.07, 6.45) is 0.870. The number of methoxy groups -OCH3 is 1. The Morgan fingerprint density at radius 3 is 2.65 bits per heavy atom. The molecule has 0 aliphatic heterocycles. The van der Waals surface area contributed by atoms with Crippen molar-refractivity contribution < 1.29 is 22.8 Å². The van der Waals surface area contributed by atoms with E-state index >= 15 is 0 Å². The van der Waals surface area contributed by atoms with Crippen LogP contribution in [0.1, 0.15) is 18.7 Å². The first-order chi connectivity index (χ1) is 11.9. The molecule has 0 saturated carbocycles. The SMILES string of the molecule is COc1ccc(-c2noc(CCCC(=O)NCC(F)(F)CN)n2)cc1.Cl. The molecule has 0 radical (unpaired) electrons. The van der Waals surface area contributed by atoms with Gasteiger partial charge >= 0.3 is 0 Å². The summed E-state index contributed by atoms with van der Waals surface area (Å²) in [5.41, 5.74) is 5.67. The van der Waals surface area contributed by atoms with Crippen LogP contribution in [0.5, 0.6) is 5.75 Å². The molecule has 1 amide bonds. The summed E-state index contributed by atoms with van der Waals surface area (Å²) in [5.74, 6) is -2.02. The number of nitrogens with zero attached hydrogens (tertiary/aromatic N) is 2. The van der Waals surface area contributed by atoms with Crippen molar-refractivity contribution in [2.24, 2.45) is 5.73 Å². The number of amides is 1. The van der Waals surface area contributed by atoms with Crippen LogP contribution < -0.4 is 15.8 Å². The molecule has 0 atom stereocenters. The standard InChI is InChI=1S/C16H20F2N4O3.ClH/c1-24-12-7-5-11(6-8-12)15-21-14(25-22-15)4-2-3-13(23)20-10-16(17,18)9-19;/h5-8H,2-4,9-10,19H2,1H3,(H,20,23);1H. The Bertz CT molecular complexity index is 695. The lowest BCUT2D eigenvalue weighted by Gasteiger charge is -2.14. The molecular weight excluding hydrogens is 370 g/mol.